The van der Waals surface area contributed by atoms with Crippen LogP contribution in [0.5, 0.6) is 0 Å². The van der Waals surface area contributed by atoms with Crippen LogP contribution in [-0.2, 0) is 0 Å². The quantitative estimate of drug-likeness (QED) is 0.698. The Bertz CT molecular complexity index is 164. The lowest BCUT2D eigenvalue weighted by Crippen LogP contribution is -2.62. The number of hydrogen-bond donors (Lipinski definition) is 1. The van der Waals surface area contributed by atoms with Gasteiger partial charge in [0.1, 0.15) is 0 Å². The molecule has 1 N–H and O–H groups in total. The molecule has 0 aliphatic heterocycles. The molecule has 1 atom stereocenters. The van der Waals surface area contributed by atoms with Gasteiger partial charge in [-0.3, -0.25) is 0 Å². The van der Waals surface area contributed by atoms with Crippen LogP contribution >= 0.6 is 0 Å². The summed E-state index contributed by atoms with van der Waals surface area (Å²) in [5.74, 6) is -4.96. The second-order valence-electron chi connectivity index (χ2n) is 2.45. The zero-order valence-corrected chi connectivity index (χ0v) is 6.17. The third-order valence-electron chi connectivity index (χ3n) is 1.42. The van der Waals surface area contributed by atoms with Crippen LogP contribution in [0.4, 0.5) is 30.7 Å². The molecule has 0 aromatic rings. The average Bonchev–Trinajstić information content (AvgIpc) is 1.80. The number of aliphatic hydroxyl groups is 1. The molecule has 0 amide bonds. The molecule has 0 heterocycles. The van der Waals surface area contributed by atoms with E-state index in [1.54, 1.807) is 0 Å². The molecule has 0 aliphatic rings. The van der Waals surface area contributed by atoms with Crippen molar-refractivity contribution in [3.8, 4) is 0 Å². The molecule has 0 aromatic carbocycles. The van der Waals surface area contributed by atoms with Gasteiger partial charge in [0.2, 0.25) is 0 Å². The van der Waals surface area contributed by atoms with Crippen LogP contribution in [-0.4, -0.2) is 29.2 Å². The van der Waals surface area contributed by atoms with Crippen LogP contribution in [0.3, 0.4) is 0 Å². The fourth-order valence-corrected chi connectivity index (χ4v) is 0.564. The molecule has 1 nitrogen and oxygen atoms in total. The Hall–Kier alpha value is -0.530. The lowest BCUT2D eigenvalue weighted by molar-refractivity contribution is -0.360. The predicted molar refractivity (Wildman–Crippen MR) is 27.6 cm³/mol. The van der Waals surface area contributed by atoms with Gasteiger partial charge in [0.05, 0.1) is 0 Å². The van der Waals surface area contributed by atoms with Gasteiger partial charge >= 0.3 is 6.18 Å². The number of hydrogen-bond acceptors (Lipinski definition) is 1. The van der Waals surface area contributed by atoms with Crippen LogP contribution < -0.4 is 0 Å². The fraction of sp³-hybridized carbons (Fsp3) is 1.00. The minimum atomic E-state index is -6.08. The normalized spacial score (nSPS) is 18.9. The molecular weight excluding hydrogens is 209 g/mol. The SMILES string of the molecule is CC(F)(F)C(O)(C(F)F)C(F)(F)F. The third kappa shape index (κ3) is 1.87. The maximum Gasteiger partial charge on any atom is 0.429 e. The summed E-state index contributed by atoms with van der Waals surface area (Å²) in [6, 6.07) is 0. The summed E-state index contributed by atoms with van der Waals surface area (Å²) in [5.41, 5.74) is -5.29. The minimum absolute atomic E-state index is 0.424. The summed E-state index contributed by atoms with van der Waals surface area (Å²) in [6.45, 7) is -0.424. The average molecular weight is 214 g/mol. The van der Waals surface area contributed by atoms with Crippen molar-refractivity contribution in [3.05, 3.63) is 0 Å². The van der Waals surface area contributed by atoms with Gasteiger partial charge in [-0.2, -0.15) is 13.2 Å². The highest BCUT2D eigenvalue weighted by molar-refractivity contribution is 4.98. The van der Waals surface area contributed by atoms with Crippen molar-refractivity contribution in [1.82, 2.24) is 0 Å². The second-order valence-corrected chi connectivity index (χ2v) is 2.45. The van der Waals surface area contributed by atoms with E-state index >= 15 is 0 Å². The van der Waals surface area contributed by atoms with Crippen molar-refractivity contribution < 1.29 is 35.8 Å². The Morgan fingerprint density at radius 3 is 1.31 bits per heavy atom. The van der Waals surface area contributed by atoms with E-state index in [2.05, 4.69) is 0 Å². The second kappa shape index (κ2) is 3.00. The van der Waals surface area contributed by atoms with E-state index in [1.165, 1.54) is 0 Å². The molecule has 0 aliphatic carbocycles. The van der Waals surface area contributed by atoms with Crippen LogP contribution in [0.25, 0.3) is 0 Å². The van der Waals surface area contributed by atoms with E-state index in [0.29, 0.717) is 0 Å². The van der Waals surface area contributed by atoms with E-state index in [-0.39, 0.29) is 0 Å². The molecule has 80 valence electrons. The summed E-state index contributed by atoms with van der Waals surface area (Å²) in [4.78, 5) is 0. The molecule has 0 radical (unpaired) electrons. The Kier molecular flexibility index (Phi) is 2.88. The van der Waals surface area contributed by atoms with E-state index in [1.807, 2.05) is 0 Å². The minimum Gasteiger partial charge on any atom is -0.372 e. The van der Waals surface area contributed by atoms with Gasteiger partial charge in [-0.05, 0) is 0 Å². The maximum absolute atomic E-state index is 12.1. The molecule has 0 fully saturated rings. The molecule has 0 spiro atoms. The van der Waals surface area contributed by atoms with Crippen LogP contribution in [0.2, 0.25) is 0 Å². The molecule has 0 rings (SSSR count). The Morgan fingerprint density at radius 2 is 1.31 bits per heavy atom. The molecule has 0 bridgehead atoms. The monoisotopic (exact) mass is 214 g/mol. The van der Waals surface area contributed by atoms with Gasteiger partial charge in [0.15, 0.2) is 0 Å². The van der Waals surface area contributed by atoms with Crippen molar-refractivity contribution in [2.24, 2.45) is 0 Å². The van der Waals surface area contributed by atoms with Crippen LogP contribution in [0, 0.1) is 0 Å². The lowest BCUT2D eigenvalue weighted by Gasteiger charge is -2.33. The first kappa shape index (κ1) is 12.5. The van der Waals surface area contributed by atoms with Gasteiger partial charge in [-0.1, -0.05) is 0 Å². The van der Waals surface area contributed by atoms with Crippen LogP contribution in [0.1, 0.15) is 6.92 Å². The van der Waals surface area contributed by atoms with Crippen molar-refractivity contribution >= 4 is 0 Å². The van der Waals surface area contributed by atoms with Crippen molar-refractivity contribution in [3.63, 3.8) is 0 Å². The Balaban J connectivity index is 5.22. The molecular formula is C5H5F7O. The highest BCUT2D eigenvalue weighted by Crippen LogP contribution is 2.45. The Labute approximate surface area is 68.2 Å². The van der Waals surface area contributed by atoms with Gasteiger partial charge < -0.3 is 5.11 Å². The standard InChI is InChI=1S/C5H5F7O/c1-3(8,9)4(13,2(6)7)5(10,11)12/h2,13H,1H3. The van der Waals surface area contributed by atoms with Gasteiger partial charge in [-0.25, -0.2) is 17.6 Å². The van der Waals surface area contributed by atoms with Gasteiger partial charge in [-0.15, -0.1) is 0 Å². The van der Waals surface area contributed by atoms with Crippen molar-refractivity contribution in [2.45, 2.75) is 31.0 Å². The summed E-state index contributed by atoms with van der Waals surface area (Å²) >= 11 is 0. The molecule has 1 unspecified atom stereocenters. The van der Waals surface area contributed by atoms with Crippen molar-refractivity contribution in [1.29, 1.82) is 0 Å². The first-order valence-corrected chi connectivity index (χ1v) is 2.89. The molecule has 0 aromatic heterocycles. The van der Waals surface area contributed by atoms with E-state index in [9.17, 15) is 30.7 Å². The highest BCUT2D eigenvalue weighted by atomic mass is 19.4. The first-order valence-electron chi connectivity index (χ1n) is 2.89. The molecule has 8 heteroatoms. The predicted octanol–water partition coefficient (Wildman–Crippen LogP) is 2.20. The van der Waals surface area contributed by atoms with E-state index in [0.717, 1.165) is 0 Å². The summed E-state index contributed by atoms with van der Waals surface area (Å²) < 4.78 is 82.3. The fourth-order valence-electron chi connectivity index (χ4n) is 0.564. The number of halogens is 7. The number of alkyl halides is 7. The topological polar surface area (TPSA) is 20.2 Å². The molecule has 13 heavy (non-hydrogen) atoms. The number of rotatable bonds is 2. The van der Waals surface area contributed by atoms with Gasteiger partial charge in [0.25, 0.3) is 17.9 Å². The van der Waals surface area contributed by atoms with Gasteiger partial charge in [0, 0.05) is 6.92 Å². The lowest BCUT2D eigenvalue weighted by atomic mass is 9.97. The first-order chi connectivity index (χ1) is 5.44. The van der Waals surface area contributed by atoms with Crippen LogP contribution in [0.15, 0.2) is 0 Å². The zero-order chi connectivity index (χ0) is 11.1. The largest absolute Gasteiger partial charge is 0.429 e. The maximum atomic E-state index is 12.1. The molecule has 0 saturated carbocycles. The Morgan fingerprint density at radius 1 is 1.00 bits per heavy atom. The smallest absolute Gasteiger partial charge is 0.372 e. The zero-order valence-electron chi connectivity index (χ0n) is 6.17. The van der Waals surface area contributed by atoms with E-state index in [4.69, 9.17) is 5.11 Å². The summed E-state index contributed by atoms with van der Waals surface area (Å²) in [6.07, 6.45) is -10.7. The van der Waals surface area contributed by atoms with E-state index < -0.39 is 31.0 Å². The summed E-state index contributed by atoms with van der Waals surface area (Å²) in [7, 11) is 0. The summed E-state index contributed by atoms with van der Waals surface area (Å²) in [5, 5.41) is 8.14. The highest BCUT2D eigenvalue weighted by Gasteiger charge is 2.72. The third-order valence-corrected chi connectivity index (χ3v) is 1.42. The molecule has 0 saturated heterocycles. The van der Waals surface area contributed by atoms with Crippen molar-refractivity contribution in [2.75, 3.05) is 0 Å².